The molecule has 0 radical (unpaired) electrons. The van der Waals surface area contributed by atoms with E-state index in [1.54, 1.807) is 6.07 Å². The third-order valence-electron chi connectivity index (χ3n) is 3.02. The van der Waals surface area contributed by atoms with Crippen molar-refractivity contribution < 1.29 is 9.90 Å². The van der Waals surface area contributed by atoms with Crippen LogP contribution in [0, 0.1) is 0 Å². The highest BCUT2D eigenvalue weighted by Gasteiger charge is 2.18. The smallest absolute Gasteiger partial charge is 0.325 e. The molecule has 0 aliphatic rings. The van der Waals surface area contributed by atoms with E-state index in [0.717, 1.165) is 16.5 Å². The molecular weight excluding hydrogens is 228 g/mol. The van der Waals surface area contributed by atoms with Gasteiger partial charge in [0.05, 0.1) is 0 Å². The summed E-state index contributed by atoms with van der Waals surface area (Å²) in [4.78, 5) is 13.0. The molecule has 2 aromatic rings. The number of anilines is 1. The van der Waals surface area contributed by atoms with Gasteiger partial charge in [0.2, 0.25) is 0 Å². The number of benzene rings is 2. The van der Waals surface area contributed by atoms with Crippen molar-refractivity contribution >= 4 is 22.4 Å². The van der Waals surface area contributed by atoms with Gasteiger partial charge in [0.15, 0.2) is 0 Å². The average molecular weight is 244 g/mol. The first-order valence-electron chi connectivity index (χ1n) is 5.69. The molecule has 0 aliphatic heterocycles. The van der Waals surface area contributed by atoms with Crippen molar-refractivity contribution in [3.05, 3.63) is 42.0 Å². The molecule has 0 bridgehead atoms. The third kappa shape index (κ3) is 2.02. The first-order chi connectivity index (χ1) is 8.52. The zero-order valence-corrected chi connectivity index (χ0v) is 10.4. The van der Waals surface area contributed by atoms with Crippen molar-refractivity contribution in [1.82, 2.24) is 0 Å². The summed E-state index contributed by atoms with van der Waals surface area (Å²) in [6.45, 7) is 0. The zero-order valence-electron chi connectivity index (χ0n) is 10.4. The van der Waals surface area contributed by atoms with Crippen molar-refractivity contribution in [2.45, 2.75) is 6.04 Å². The van der Waals surface area contributed by atoms with Gasteiger partial charge in [-0.25, -0.2) is 0 Å². The number of carbonyl (C=O) groups is 1. The molecule has 0 heterocycles. The van der Waals surface area contributed by atoms with Gasteiger partial charge in [0, 0.05) is 25.2 Å². The quantitative estimate of drug-likeness (QED) is 0.866. The van der Waals surface area contributed by atoms with Crippen LogP contribution in [0.4, 0.5) is 5.69 Å². The minimum atomic E-state index is -1.02. The van der Waals surface area contributed by atoms with Crippen LogP contribution in [0.2, 0.25) is 0 Å². The van der Waals surface area contributed by atoms with Crippen LogP contribution in [0.15, 0.2) is 36.4 Å². The Bertz CT molecular complexity index is 593. The summed E-state index contributed by atoms with van der Waals surface area (Å²) in [5.41, 5.74) is 7.41. The lowest BCUT2D eigenvalue weighted by Gasteiger charge is -2.18. The van der Waals surface area contributed by atoms with E-state index < -0.39 is 12.0 Å². The van der Waals surface area contributed by atoms with Crippen molar-refractivity contribution in [2.24, 2.45) is 5.73 Å². The van der Waals surface area contributed by atoms with Crippen molar-refractivity contribution in [2.75, 3.05) is 19.0 Å². The molecule has 2 aromatic carbocycles. The molecule has 0 spiro atoms. The number of fused-ring (bicyclic) bond motifs is 1. The Morgan fingerprint density at radius 3 is 2.33 bits per heavy atom. The predicted molar refractivity (Wildman–Crippen MR) is 72.8 cm³/mol. The van der Waals surface area contributed by atoms with Gasteiger partial charge in [-0.3, -0.25) is 4.79 Å². The summed E-state index contributed by atoms with van der Waals surface area (Å²) < 4.78 is 0. The molecule has 3 N–H and O–H groups in total. The Balaban J connectivity index is 2.72. The minimum absolute atomic E-state index is 0.642. The number of aliphatic carboxylic acids is 1. The van der Waals surface area contributed by atoms with Crippen LogP contribution < -0.4 is 10.6 Å². The van der Waals surface area contributed by atoms with Crippen LogP contribution in [0.3, 0.4) is 0 Å². The first kappa shape index (κ1) is 12.4. The summed E-state index contributed by atoms with van der Waals surface area (Å²) in [7, 11) is 3.91. The van der Waals surface area contributed by atoms with Gasteiger partial charge < -0.3 is 15.7 Å². The monoisotopic (exact) mass is 244 g/mol. The van der Waals surface area contributed by atoms with Gasteiger partial charge >= 0.3 is 5.97 Å². The van der Waals surface area contributed by atoms with Gasteiger partial charge in [-0.1, -0.05) is 30.3 Å². The standard InChI is InChI=1S/C14H16N2O2/c1-16(2)12-8-7-11(13(15)14(17)18)9-5-3-4-6-10(9)12/h3-8,13H,15H2,1-2H3,(H,17,18)/t13-/m0/s1. The maximum Gasteiger partial charge on any atom is 0.325 e. The average Bonchev–Trinajstić information content (AvgIpc) is 2.36. The highest BCUT2D eigenvalue weighted by atomic mass is 16.4. The second kappa shape index (κ2) is 4.66. The van der Waals surface area contributed by atoms with Crippen LogP contribution in [0.1, 0.15) is 11.6 Å². The summed E-state index contributed by atoms with van der Waals surface area (Å²) in [6, 6.07) is 10.4. The maximum absolute atomic E-state index is 11.0. The molecule has 0 unspecified atom stereocenters. The van der Waals surface area contributed by atoms with Gasteiger partial charge in [-0.15, -0.1) is 0 Å². The second-order valence-corrected chi connectivity index (χ2v) is 4.43. The van der Waals surface area contributed by atoms with E-state index in [0.29, 0.717) is 5.56 Å². The van der Waals surface area contributed by atoms with E-state index in [9.17, 15) is 4.79 Å². The molecule has 18 heavy (non-hydrogen) atoms. The van der Waals surface area contributed by atoms with Crippen LogP contribution >= 0.6 is 0 Å². The Kier molecular flexibility index (Phi) is 3.21. The van der Waals surface area contributed by atoms with Crippen molar-refractivity contribution in [1.29, 1.82) is 0 Å². The molecule has 0 saturated heterocycles. The Hall–Kier alpha value is -2.07. The third-order valence-corrected chi connectivity index (χ3v) is 3.02. The normalized spacial score (nSPS) is 12.4. The minimum Gasteiger partial charge on any atom is -0.480 e. The van der Waals surface area contributed by atoms with Crippen molar-refractivity contribution in [3.8, 4) is 0 Å². The molecule has 94 valence electrons. The number of nitrogens with two attached hydrogens (primary N) is 1. The van der Waals surface area contributed by atoms with Crippen LogP contribution in [-0.2, 0) is 4.79 Å². The molecule has 2 rings (SSSR count). The van der Waals surface area contributed by atoms with Crippen LogP contribution in [0.5, 0.6) is 0 Å². The highest BCUT2D eigenvalue weighted by Crippen LogP contribution is 2.30. The fourth-order valence-electron chi connectivity index (χ4n) is 2.10. The Morgan fingerprint density at radius 1 is 1.17 bits per heavy atom. The number of carboxylic acids is 1. The van der Waals surface area contributed by atoms with Gasteiger partial charge in [-0.2, -0.15) is 0 Å². The number of hydrogen-bond acceptors (Lipinski definition) is 3. The van der Waals surface area contributed by atoms with E-state index in [4.69, 9.17) is 10.8 Å². The molecule has 4 nitrogen and oxygen atoms in total. The predicted octanol–water partition coefficient (Wildman–Crippen LogP) is 1.99. The summed E-state index contributed by atoms with van der Waals surface area (Å²) in [5, 5.41) is 10.9. The van der Waals surface area contributed by atoms with Gasteiger partial charge in [0.1, 0.15) is 6.04 Å². The molecule has 0 saturated carbocycles. The van der Waals surface area contributed by atoms with Crippen LogP contribution in [0.25, 0.3) is 10.8 Å². The van der Waals surface area contributed by atoms with Crippen LogP contribution in [-0.4, -0.2) is 25.2 Å². The highest BCUT2D eigenvalue weighted by molar-refractivity contribution is 5.98. The summed E-state index contributed by atoms with van der Waals surface area (Å²) in [5.74, 6) is -1.02. The molecule has 4 heteroatoms. The van der Waals surface area contributed by atoms with E-state index in [-0.39, 0.29) is 0 Å². The Morgan fingerprint density at radius 2 is 1.78 bits per heavy atom. The van der Waals surface area contributed by atoms with E-state index in [1.165, 1.54) is 0 Å². The van der Waals surface area contributed by atoms with Gasteiger partial charge in [-0.05, 0) is 17.0 Å². The SMILES string of the molecule is CN(C)c1ccc([C@H](N)C(=O)O)c2ccccc12. The summed E-state index contributed by atoms with van der Waals surface area (Å²) >= 11 is 0. The maximum atomic E-state index is 11.0. The van der Waals surface area contributed by atoms with E-state index >= 15 is 0 Å². The molecule has 0 fully saturated rings. The first-order valence-corrected chi connectivity index (χ1v) is 5.69. The number of nitrogens with zero attached hydrogens (tertiary/aromatic N) is 1. The van der Waals surface area contributed by atoms with Gasteiger partial charge in [0.25, 0.3) is 0 Å². The topological polar surface area (TPSA) is 66.6 Å². The fourth-order valence-corrected chi connectivity index (χ4v) is 2.10. The molecular formula is C14H16N2O2. The van der Waals surface area contributed by atoms with E-state index in [2.05, 4.69) is 0 Å². The zero-order chi connectivity index (χ0) is 13.3. The molecule has 0 amide bonds. The molecule has 1 atom stereocenters. The van der Waals surface area contributed by atoms with Crippen molar-refractivity contribution in [3.63, 3.8) is 0 Å². The number of hydrogen-bond donors (Lipinski definition) is 2. The Labute approximate surface area is 106 Å². The lowest BCUT2D eigenvalue weighted by Crippen LogP contribution is -2.21. The lowest BCUT2D eigenvalue weighted by atomic mass is 9.97. The molecule has 0 aromatic heterocycles. The van der Waals surface area contributed by atoms with E-state index in [1.807, 2.05) is 49.3 Å². The number of rotatable bonds is 3. The summed E-state index contributed by atoms with van der Waals surface area (Å²) in [6.07, 6.45) is 0. The largest absolute Gasteiger partial charge is 0.480 e. The lowest BCUT2D eigenvalue weighted by molar-refractivity contribution is -0.138. The fraction of sp³-hybridized carbons (Fsp3) is 0.214. The molecule has 0 aliphatic carbocycles. The number of carboxylic acid groups (broad SMARTS) is 1. The second-order valence-electron chi connectivity index (χ2n) is 4.43.